The summed E-state index contributed by atoms with van der Waals surface area (Å²) >= 11 is 6.66. The molecule has 1 atom stereocenters. The molecule has 1 aromatic heterocycles. The molecule has 1 aromatic rings. The van der Waals surface area contributed by atoms with Crippen molar-refractivity contribution in [3.8, 4) is 0 Å². The first-order chi connectivity index (χ1) is 5.63. The molecule has 0 amide bonds. The summed E-state index contributed by atoms with van der Waals surface area (Å²) in [6.07, 6.45) is -0.514. The van der Waals surface area contributed by atoms with Crippen LogP contribution >= 0.6 is 31.9 Å². The van der Waals surface area contributed by atoms with Gasteiger partial charge in [-0.3, -0.25) is 4.98 Å². The van der Waals surface area contributed by atoms with Crippen LogP contribution in [0, 0.1) is 0 Å². The maximum atomic E-state index is 9.27. The second kappa shape index (κ2) is 4.35. The summed E-state index contributed by atoms with van der Waals surface area (Å²) in [6, 6.07) is 3.73. The average Bonchev–Trinajstić information content (AvgIpc) is 2.03. The summed E-state index contributed by atoms with van der Waals surface area (Å²) in [5.74, 6) is 0. The molecule has 12 heavy (non-hydrogen) atoms. The zero-order valence-corrected chi connectivity index (χ0v) is 9.76. The van der Waals surface area contributed by atoms with Crippen LogP contribution in [0.25, 0.3) is 0 Å². The Morgan fingerprint density at radius 1 is 1.58 bits per heavy atom. The third-order valence-corrected chi connectivity index (χ3v) is 2.46. The topological polar surface area (TPSA) is 33.1 Å². The molecule has 0 unspecified atom stereocenters. The molecule has 0 aromatic carbocycles. The quantitative estimate of drug-likeness (QED) is 0.851. The molecule has 0 fully saturated rings. The Morgan fingerprint density at radius 2 is 2.25 bits per heavy atom. The van der Waals surface area contributed by atoms with Crippen LogP contribution in [-0.2, 0) is 5.33 Å². The van der Waals surface area contributed by atoms with E-state index in [0.29, 0.717) is 11.0 Å². The van der Waals surface area contributed by atoms with Gasteiger partial charge in [0.1, 0.15) is 0 Å². The first-order valence-corrected chi connectivity index (χ1v) is 5.45. The molecule has 0 aliphatic carbocycles. The van der Waals surface area contributed by atoms with Gasteiger partial charge in [0, 0.05) is 9.80 Å². The Kier molecular flexibility index (Phi) is 3.68. The van der Waals surface area contributed by atoms with Gasteiger partial charge in [0.15, 0.2) is 0 Å². The van der Waals surface area contributed by atoms with Crippen LogP contribution in [0.3, 0.4) is 0 Å². The van der Waals surface area contributed by atoms with E-state index in [0.717, 1.165) is 10.2 Å². The van der Waals surface area contributed by atoms with Gasteiger partial charge in [-0.25, -0.2) is 0 Å². The van der Waals surface area contributed by atoms with Crippen LogP contribution in [0.5, 0.6) is 0 Å². The minimum Gasteiger partial charge on any atom is -0.387 e. The highest BCUT2D eigenvalue weighted by atomic mass is 79.9. The number of hydrogen-bond acceptors (Lipinski definition) is 2. The van der Waals surface area contributed by atoms with E-state index in [-0.39, 0.29) is 0 Å². The smallest absolute Gasteiger partial charge is 0.0932 e. The van der Waals surface area contributed by atoms with Crippen molar-refractivity contribution < 1.29 is 5.11 Å². The Balaban J connectivity index is 3.06. The SMILES string of the molecule is C[C@@H](O)c1cc(Br)cc(CBr)n1. The minimum absolute atomic E-state index is 0.514. The molecule has 0 radical (unpaired) electrons. The van der Waals surface area contributed by atoms with Crippen molar-refractivity contribution in [3.05, 3.63) is 28.0 Å². The minimum atomic E-state index is -0.514. The number of hydrogen-bond donors (Lipinski definition) is 1. The fraction of sp³-hybridized carbons (Fsp3) is 0.375. The van der Waals surface area contributed by atoms with Gasteiger partial charge < -0.3 is 5.11 Å². The molecular weight excluding hydrogens is 286 g/mol. The van der Waals surface area contributed by atoms with Gasteiger partial charge in [0.05, 0.1) is 17.5 Å². The highest BCUT2D eigenvalue weighted by molar-refractivity contribution is 9.10. The molecule has 0 spiro atoms. The summed E-state index contributed by atoms with van der Waals surface area (Å²) in [4.78, 5) is 4.22. The Morgan fingerprint density at radius 3 is 2.75 bits per heavy atom. The van der Waals surface area contributed by atoms with Gasteiger partial charge in [-0.1, -0.05) is 31.9 Å². The molecule has 1 heterocycles. The lowest BCUT2D eigenvalue weighted by Gasteiger charge is -2.05. The number of pyridine rings is 1. The number of alkyl halides is 1. The van der Waals surface area contributed by atoms with Gasteiger partial charge >= 0.3 is 0 Å². The van der Waals surface area contributed by atoms with Crippen LogP contribution in [0.4, 0.5) is 0 Å². The molecular formula is C8H9Br2NO. The lowest BCUT2D eigenvalue weighted by atomic mass is 10.2. The first-order valence-electron chi connectivity index (χ1n) is 3.54. The largest absolute Gasteiger partial charge is 0.387 e. The van der Waals surface area contributed by atoms with Crippen molar-refractivity contribution in [2.45, 2.75) is 18.4 Å². The van der Waals surface area contributed by atoms with E-state index in [4.69, 9.17) is 0 Å². The second-order valence-corrected chi connectivity index (χ2v) is 3.99. The standard InChI is InChI=1S/C8H9Br2NO/c1-5(12)8-3-6(10)2-7(4-9)11-8/h2-3,5,12H,4H2,1H3/t5-/m1/s1. The van der Waals surface area contributed by atoms with Gasteiger partial charge in [0.2, 0.25) is 0 Å². The predicted molar refractivity (Wildman–Crippen MR) is 55.2 cm³/mol. The maximum absolute atomic E-state index is 9.27. The maximum Gasteiger partial charge on any atom is 0.0932 e. The zero-order chi connectivity index (χ0) is 9.14. The van der Waals surface area contributed by atoms with Gasteiger partial charge in [-0.15, -0.1) is 0 Å². The normalized spacial score (nSPS) is 13.0. The number of aromatic nitrogens is 1. The highest BCUT2D eigenvalue weighted by Gasteiger charge is 2.04. The fourth-order valence-electron chi connectivity index (χ4n) is 0.855. The monoisotopic (exact) mass is 293 g/mol. The number of aliphatic hydroxyl groups excluding tert-OH is 1. The molecule has 4 heteroatoms. The van der Waals surface area contributed by atoms with E-state index in [2.05, 4.69) is 36.8 Å². The van der Waals surface area contributed by atoms with Crippen LogP contribution < -0.4 is 0 Å². The first kappa shape index (κ1) is 10.2. The molecule has 0 aliphatic heterocycles. The Hall–Kier alpha value is 0.0700. The molecule has 2 nitrogen and oxygen atoms in total. The third-order valence-electron chi connectivity index (χ3n) is 1.43. The van der Waals surface area contributed by atoms with E-state index in [1.54, 1.807) is 6.92 Å². The molecule has 1 N–H and O–H groups in total. The van der Waals surface area contributed by atoms with Crippen molar-refractivity contribution in [3.63, 3.8) is 0 Å². The van der Waals surface area contributed by atoms with Crippen LogP contribution in [0.2, 0.25) is 0 Å². The molecule has 0 saturated heterocycles. The summed E-state index contributed by atoms with van der Waals surface area (Å²) in [5, 5.41) is 9.97. The molecule has 0 aliphatic rings. The molecule has 0 bridgehead atoms. The highest BCUT2D eigenvalue weighted by Crippen LogP contribution is 2.18. The average molecular weight is 295 g/mol. The summed E-state index contributed by atoms with van der Waals surface area (Å²) < 4.78 is 0.947. The Bertz CT molecular complexity index is 276. The van der Waals surface area contributed by atoms with Crippen molar-refractivity contribution >= 4 is 31.9 Å². The van der Waals surface area contributed by atoms with Gasteiger partial charge in [-0.05, 0) is 19.1 Å². The predicted octanol–water partition coefficient (Wildman–Crippen LogP) is 2.79. The number of aliphatic hydroxyl groups is 1. The van der Waals surface area contributed by atoms with Crippen molar-refractivity contribution in [2.24, 2.45) is 0 Å². The van der Waals surface area contributed by atoms with Crippen LogP contribution in [0.1, 0.15) is 24.4 Å². The van der Waals surface area contributed by atoms with E-state index in [9.17, 15) is 5.11 Å². The number of rotatable bonds is 2. The van der Waals surface area contributed by atoms with Gasteiger partial charge in [-0.2, -0.15) is 0 Å². The van der Waals surface area contributed by atoms with Gasteiger partial charge in [0.25, 0.3) is 0 Å². The zero-order valence-electron chi connectivity index (χ0n) is 6.59. The number of nitrogens with zero attached hydrogens (tertiary/aromatic N) is 1. The lowest BCUT2D eigenvalue weighted by molar-refractivity contribution is 0.194. The molecule has 66 valence electrons. The summed E-state index contributed by atoms with van der Waals surface area (Å²) in [7, 11) is 0. The van der Waals surface area contributed by atoms with E-state index < -0.39 is 6.10 Å². The Labute approximate surface area is 88.3 Å². The van der Waals surface area contributed by atoms with E-state index in [1.807, 2.05) is 12.1 Å². The van der Waals surface area contributed by atoms with Crippen molar-refractivity contribution in [2.75, 3.05) is 0 Å². The molecule has 1 rings (SSSR count). The van der Waals surface area contributed by atoms with Crippen molar-refractivity contribution in [1.29, 1.82) is 0 Å². The third kappa shape index (κ3) is 2.54. The summed E-state index contributed by atoms with van der Waals surface area (Å²) in [6.45, 7) is 1.70. The van der Waals surface area contributed by atoms with Crippen LogP contribution in [-0.4, -0.2) is 10.1 Å². The van der Waals surface area contributed by atoms with Crippen LogP contribution in [0.15, 0.2) is 16.6 Å². The number of halogens is 2. The lowest BCUT2D eigenvalue weighted by Crippen LogP contribution is -1.98. The molecule has 0 saturated carbocycles. The van der Waals surface area contributed by atoms with E-state index in [1.165, 1.54) is 0 Å². The van der Waals surface area contributed by atoms with E-state index >= 15 is 0 Å². The fourth-order valence-corrected chi connectivity index (χ4v) is 1.64. The second-order valence-electron chi connectivity index (χ2n) is 2.51. The summed E-state index contributed by atoms with van der Waals surface area (Å²) in [5.41, 5.74) is 1.61. The van der Waals surface area contributed by atoms with Crippen molar-refractivity contribution in [1.82, 2.24) is 4.98 Å².